The van der Waals surface area contributed by atoms with Crippen LogP contribution in [0, 0.1) is 5.82 Å². The molecule has 0 saturated carbocycles. The van der Waals surface area contributed by atoms with Crippen molar-refractivity contribution in [2.24, 2.45) is 0 Å². The molecule has 3 rings (SSSR count). The highest BCUT2D eigenvalue weighted by Crippen LogP contribution is 2.29. The van der Waals surface area contributed by atoms with Crippen LogP contribution < -0.4 is 10.2 Å². The average Bonchev–Trinajstić information content (AvgIpc) is 2.67. The largest absolute Gasteiger partial charge is 0.433 e. The van der Waals surface area contributed by atoms with Gasteiger partial charge in [-0.1, -0.05) is 6.07 Å². The fourth-order valence-corrected chi connectivity index (χ4v) is 2.41. The number of benzene rings is 1. The molecule has 27 heavy (non-hydrogen) atoms. The molecule has 0 fully saturated rings. The van der Waals surface area contributed by atoms with Crippen LogP contribution in [-0.2, 0) is 12.7 Å². The summed E-state index contributed by atoms with van der Waals surface area (Å²) in [5.74, 6) is -0.455. The molecule has 0 atom stereocenters. The molecule has 140 valence electrons. The maximum Gasteiger partial charge on any atom is 0.433 e. The number of nitrogens with one attached hydrogen (secondary N) is 1. The molecule has 0 saturated heterocycles. The molecular formula is C18H15F4N5. The van der Waals surface area contributed by atoms with Crippen molar-refractivity contribution < 1.29 is 17.6 Å². The lowest BCUT2D eigenvalue weighted by molar-refractivity contribution is -0.141. The molecule has 5 nitrogen and oxygen atoms in total. The van der Waals surface area contributed by atoms with Crippen molar-refractivity contribution >= 4 is 17.1 Å². The Morgan fingerprint density at radius 3 is 2.52 bits per heavy atom. The van der Waals surface area contributed by atoms with Crippen LogP contribution in [0.25, 0.3) is 0 Å². The van der Waals surface area contributed by atoms with E-state index in [2.05, 4.69) is 20.3 Å². The Bertz CT molecular complexity index is 915. The molecule has 0 aliphatic carbocycles. The van der Waals surface area contributed by atoms with E-state index in [1.165, 1.54) is 30.6 Å². The molecule has 0 radical (unpaired) electrons. The van der Waals surface area contributed by atoms with E-state index in [-0.39, 0.29) is 17.9 Å². The summed E-state index contributed by atoms with van der Waals surface area (Å²) < 4.78 is 52.4. The minimum absolute atomic E-state index is 0.0627. The number of rotatable bonds is 5. The number of hydrogen-bond donors (Lipinski definition) is 1. The van der Waals surface area contributed by atoms with E-state index in [1.54, 1.807) is 30.4 Å². The molecule has 1 aromatic carbocycles. The summed E-state index contributed by atoms with van der Waals surface area (Å²) in [4.78, 5) is 13.0. The van der Waals surface area contributed by atoms with E-state index in [9.17, 15) is 17.6 Å². The lowest BCUT2D eigenvalue weighted by atomic mass is 10.2. The van der Waals surface area contributed by atoms with Crippen molar-refractivity contribution in [3.8, 4) is 0 Å². The number of halogens is 4. The number of hydrogen-bond acceptors (Lipinski definition) is 5. The molecule has 0 bridgehead atoms. The van der Waals surface area contributed by atoms with Gasteiger partial charge in [0.05, 0.1) is 36.0 Å². The maximum atomic E-state index is 14.2. The Hall–Kier alpha value is -3.23. The van der Waals surface area contributed by atoms with Crippen molar-refractivity contribution in [3.05, 3.63) is 72.3 Å². The predicted octanol–water partition coefficient (Wildman–Crippen LogP) is 4.41. The first-order valence-electron chi connectivity index (χ1n) is 7.90. The van der Waals surface area contributed by atoms with Gasteiger partial charge in [-0.3, -0.25) is 0 Å². The van der Waals surface area contributed by atoms with Crippen molar-refractivity contribution in [2.45, 2.75) is 12.7 Å². The number of anilines is 3. The van der Waals surface area contributed by atoms with Gasteiger partial charge in [0.2, 0.25) is 0 Å². The third kappa shape index (κ3) is 4.49. The molecule has 9 heteroatoms. The van der Waals surface area contributed by atoms with Crippen molar-refractivity contribution in [3.63, 3.8) is 0 Å². The van der Waals surface area contributed by atoms with Gasteiger partial charge in [-0.25, -0.2) is 19.3 Å². The SMILES string of the molecule is CN(c1cncnc1)c1cc(NCc2cccc(C(F)(F)F)n2)ccc1F. The Morgan fingerprint density at radius 2 is 1.81 bits per heavy atom. The van der Waals surface area contributed by atoms with E-state index < -0.39 is 17.7 Å². The van der Waals surface area contributed by atoms with Gasteiger partial charge in [-0.2, -0.15) is 13.2 Å². The molecule has 0 spiro atoms. The fourth-order valence-electron chi connectivity index (χ4n) is 2.41. The van der Waals surface area contributed by atoms with Crippen LogP contribution in [0.15, 0.2) is 55.1 Å². The van der Waals surface area contributed by atoms with Crippen LogP contribution in [-0.4, -0.2) is 22.0 Å². The van der Waals surface area contributed by atoms with Gasteiger partial charge in [0, 0.05) is 12.7 Å². The second-order valence-electron chi connectivity index (χ2n) is 5.69. The highest BCUT2D eigenvalue weighted by molar-refractivity contribution is 5.66. The lowest BCUT2D eigenvalue weighted by Gasteiger charge is -2.20. The first-order valence-corrected chi connectivity index (χ1v) is 7.90. The fraction of sp³-hybridized carbons (Fsp3) is 0.167. The zero-order valence-corrected chi connectivity index (χ0v) is 14.2. The van der Waals surface area contributed by atoms with Gasteiger partial charge in [-0.15, -0.1) is 0 Å². The predicted molar refractivity (Wildman–Crippen MR) is 93.1 cm³/mol. The normalized spacial score (nSPS) is 11.3. The Labute approximate surface area is 152 Å². The van der Waals surface area contributed by atoms with E-state index in [0.29, 0.717) is 11.4 Å². The highest BCUT2D eigenvalue weighted by Gasteiger charge is 2.32. The molecule has 0 aliphatic rings. The zero-order chi connectivity index (χ0) is 19.4. The summed E-state index contributed by atoms with van der Waals surface area (Å²) in [6.07, 6.45) is -0.0501. The van der Waals surface area contributed by atoms with Gasteiger partial charge in [0.25, 0.3) is 0 Å². The summed E-state index contributed by atoms with van der Waals surface area (Å²) >= 11 is 0. The zero-order valence-electron chi connectivity index (χ0n) is 14.2. The van der Waals surface area contributed by atoms with Crippen LogP contribution in [0.3, 0.4) is 0 Å². The van der Waals surface area contributed by atoms with Crippen LogP contribution in [0.2, 0.25) is 0 Å². The van der Waals surface area contributed by atoms with Crippen molar-refractivity contribution in [1.82, 2.24) is 15.0 Å². The van der Waals surface area contributed by atoms with Gasteiger partial charge in [-0.05, 0) is 30.3 Å². The summed E-state index contributed by atoms with van der Waals surface area (Å²) in [5.41, 5.74) is 0.667. The number of nitrogens with zero attached hydrogens (tertiary/aromatic N) is 4. The second-order valence-corrected chi connectivity index (χ2v) is 5.69. The number of aromatic nitrogens is 3. The Morgan fingerprint density at radius 1 is 1.07 bits per heavy atom. The summed E-state index contributed by atoms with van der Waals surface area (Å²) in [6, 6.07) is 8.03. The van der Waals surface area contributed by atoms with Gasteiger partial charge in [0.1, 0.15) is 17.8 Å². The smallest absolute Gasteiger partial charge is 0.379 e. The monoisotopic (exact) mass is 377 g/mol. The molecule has 0 unspecified atom stereocenters. The van der Waals surface area contributed by atoms with Gasteiger partial charge in [0.15, 0.2) is 0 Å². The number of alkyl halides is 3. The van der Waals surface area contributed by atoms with Gasteiger partial charge < -0.3 is 10.2 Å². The minimum atomic E-state index is -4.50. The second kappa shape index (κ2) is 7.56. The molecule has 2 aromatic heterocycles. The number of pyridine rings is 1. The average molecular weight is 377 g/mol. The van der Waals surface area contributed by atoms with Crippen molar-refractivity contribution in [1.29, 1.82) is 0 Å². The Kier molecular flexibility index (Phi) is 5.20. The van der Waals surface area contributed by atoms with E-state index in [1.807, 2.05) is 0 Å². The summed E-state index contributed by atoms with van der Waals surface area (Å²) in [7, 11) is 1.66. The van der Waals surface area contributed by atoms with Crippen LogP contribution >= 0.6 is 0 Å². The molecular weight excluding hydrogens is 362 g/mol. The van der Waals surface area contributed by atoms with Gasteiger partial charge >= 0.3 is 6.18 Å². The molecule has 0 aliphatic heterocycles. The summed E-state index contributed by atoms with van der Waals surface area (Å²) in [6.45, 7) is 0.0627. The van der Waals surface area contributed by atoms with E-state index in [0.717, 1.165) is 6.07 Å². The minimum Gasteiger partial charge on any atom is -0.379 e. The summed E-state index contributed by atoms with van der Waals surface area (Å²) in [5, 5.41) is 2.96. The van der Waals surface area contributed by atoms with E-state index >= 15 is 0 Å². The molecule has 1 N–H and O–H groups in total. The maximum absolute atomic E-state index is 14.2. The Balaban J connectivity index is 1.77. The van der Waals surface area contributed by atoms with Crippen LogP contribution in [0.1, 0.15) is 11.4 Å². The first-order chi connectivity index (χ1) is 12.8. The topological polar surface area (TPSA) is 53.9 Å². The van der Waals surface area contributed by atoms with Crippen molar-refractivity contribution in [2.75, 3.05) is 17.3 Å². The standard InChI is InChI=1S/C18H15F4N5/c1-27(14-9-23-11-24-10-14)16-7-12(5-6-15(16)19)25-8-13-3-2-4-17(26-13)18(20,21)22/h2-7,9-11,25H,8H2,1H3. The lowest BCUT2D eigenvalue weighted by Crippen LogP contribution is -2.13. The first kappa shape index (κ1) is 18.6. The molecule has 2 heterocycles. The van der Waals surface area contributed by atoms with E-state index in [4.69, 9.17) is 0 Å². The van der Waals surface area contributed by atoms with Crippen LogP contribution in [0.4, 0.5) is 34.6 Å². The molecule has 0 amide bonds. The highest BCUT2D eigenvalue weighted by atomic mass is 19.4. The quantitative estimate of drug-likeness (QED) is 0.668. The van der Waals surface area contributed by atoms with Crippen LogP contribution in [0.5, 0.6) is 0 Å². The third-order valence-electron chi connectivity index (χ3n) is 3.81. The molecule has 3 aromatic rings. The third-order valence-corrected chi connectivity index (χ3v) is 3.81.